The fraction of sp³-hybridized carbons (Fsp3) is 0.368. The molecule has 0 spiro atoms. The molecule has 0 saturated heterocycles. The minimum Gasteiger partial charge on any atom is -0.451 e. The summed E-state index contributed by atoms with van der Waals surface area (Å²) in [7, 11) is 1.54. The van der Waals surface area contributed by atoms with Crippen LogP contribution in [0.2, 0.25) is 0 Å². The van der Waals surface area contributed by atoms with E-state index in [1.807, 2.05) is 13.8 Å². The third kappa shape index (κ3) is 5.86. The van der Waals surface area contributed by atoms with Gasteiger partial charge in [0.2, 0.25) is 0 Å². The highest BCUT2D eigenvalue weighted by Crippen LogP contribution is 2.13. The SMILES string of the molecule is CCN(CC)C(=O)c1ccc(NC(=O)COC(=O)c2csc(COC)n2)cc1. The molecule has 1 N–H and O–H groups in total. The normalized spacial score (nSPS) is 10.4. The van der Waals surface area contributed by atoms with Gasteiger partial charge in [0.1, 0.15) is 5.01 Å². The molecule has 0 aliphatic rings. The highest BCUT2D eigenvalue weighted by atomic mass is 32.1. The molecule has 150 valence electrons. The number of rotatable bonds is 9. The summed E-state index contributed by atoms with van der Waals surface area (Å²) in [5.41, 5.74) is 1.20. The Balaban J connectivity index is 1.85. The zero-order valence-corrected chi connectivity index (χ0v) is 16.9. The Morgan fingerprint density at radius 2 is 1.82 bits per heavy atom. The molecule has 1 aromatic heterocycles. The molecule has 0 aliphatic carbocycles. The van der Waals surface area contributed by atoms with Crippen LogP contribution in [0.1, 0.15) is 39.7 Å². The van der Waals surface area contributed by atoms with E-state index in [1.165, 1.54) is 18.4 Å². The smallest absolute Gasteiger partial charge is 0.358 e. The predicted octanol–water partition coefficient (Wildman–Crippen LogP) is 2.57. The number of anilines is 1. The molecule has 2 aromatic rings. The number of nitrogens with one attached hydrogen (secondary N) is 1. The molecule has 0 saturated carbocycles. The minimum atomic E-state index is -0.672. The number of hydrogen-bond acceptors (Lipinski definition) is 7. The van der Waals surface area contributed by atoms with Gasteiger partial charge < -0.3 is 19.7 Å². The van der Waals surface area contributed by atoms with Crippen LogP contribution in [0.25, 0.3) is 0 Å². The van der Waals surface area contributed by atoms with Crippen LogP contribution in [0.5, 0.6) is 0 Å². The summed E-state index contributed by atoms with van der Waals surface area (Å²) in [6.07, 6.45) is 0. The maximum absolute atomic E-state index is 12.3. The maximum Gasteiger partial charge on any atom is 0.358 e. The van der Waals surface area contributed by atoms with Gasteiger partial charge in [-0.05, 0) is 38.1 Å². The lowest BCUT2D eigenvalue weighted by molar-refractivity contribution is -0.119. The number of thiazole rings is 1. The molecule has 1 aromatic carbocycles. The number of amides is 2. The highest BCUT2D eigenvalue weighted by molar-refractivity contribution is 7.09. The first kappa shape index (κ1) is 21.5. The van der Waals surface area contributed by atoms with E-state index in [0.717, 1.165) is 0 Å². The predicted molar refractivity (Wildman–Crippen MR) is 105 cm³/mol. The fourth-order valence-corrected chi connectivity index (χ4v) is 3.12. The second-order valence-corrected chi connectivity index (χ2v) is 6.68. The summed E-state index contributed by atoms with van der Waals surface area (Å²) in [5, 5.41) is 4.83. The number of ether oxygens (including phenoxy) is 2. The van der Waals surface area contributed by atoms with Gasteiger partial charge in [-0.25, -0.2) is 9.78 Å². The quantitative estimate of drug-likeness (QED) is 0.644. The number of aromatic nitrogens is 1. The van der Waals surface area contributed by atoms with Crippen LogP contribution in [0.15, 0.2) is 29.6 Å². The zero-order valence-electron chi connectivity index (χ0n) is 16.1. The lowest BCUT2D eigenvalue weighted by Crippen LogP contribution is -2.30. The monoisotopic (exact) mass is 405 g/mol. The van der Waals surface area contributed by atoms with E-state index in [2.05, 4.69) is 10.3 Å². The number of methoxy groups -OCH3 is 1. The summed E-state index contributed by atoms with van der Waals surface area (Å²) in [6, 6.07) is 6.56. The van der Waals surface area contributed by atoms with Gasteiger partial charge in [0.15, 0.2) is 12.3 Å². The van der Waals surface area contributed by atoms with Crippen molar-refractivity contribution in [2.45, 2.75) is 20.5 Å². The van der Waals surface area contributed by atoms with Gasteiger partial charge in [0.05, 0.1) is 6.61 Å². The largest absolute Gasteiger partial charge is 0.451 e. The summed E-state index contributed by atoms with van der Waals surface area (Å²) in [4.78, 5) is 41.9. The van der Waals surface area contributed by atoms with Gasteiger partial charge in [0, 0.05) is 36.8 Å². The molecule has 0 bridgehead atoms. The van der Waals surface area contributed by atoms with E-state index in [9.17, 15) is 14.4 Å². The Labute approximate surface area is 167 Å². The first-order valence-electron chi connectivity index (χ1n) is 8.78. The van der Waals surface area contributed by atoms with Crippen molar-refractivity contribution in [1.29, 1.82) is 0 Å². The second-order valence-electron chi connectivity index (χ2n) is 5.74. The molecule has 0 aliphatic heterocycles. The molecule has 0 atom stereocenters. The van der Waals surface area contributed by atoms with Crippen LogP contribution in [0.3, 0.4) is 0 Å². The molecule has 28 heavy (non-hydrogen) atoms. The standard InChI is InChI=1S/C19H23N3O5S/c1-4-22(5-2)18(24)13-6-8-14(9-7-13)20-16(23)10-27-19(25)15-12-28-17(21-15)11-26-3/h6-9,12H,4-5,10-11H2,1-3H3,(H,20,23). The Kier molecular flexibility index (Phi) is 8.09. The molecule has 1 heterocycles. The van der Waals surface area contributed by atoms with Crippen molar-refractivity contribution < 1.29 is 23.9 Å². The van der Waals surface area contributed by atoms with Gasteiger partial charge in [-0.2, -0.15) is 0 Å². The summed E-state index contributed by atoms with van der Waals surface area (Å²) in [6.45, 7) is 4.97. The van der Waals surface area contributed by atoms with E-state index in [0.29, 0.717) is 36.0 Å². The third-order valence-corrected chi connectivity index (χ3v) is 4.65. The van der Waals surface area contributed by atoms with E-state index in [4.69, 9.17) is 9.47 Å². The number of esters is 1. The maximum atomic E-state index is 12.3. The average molecular weight is 405 g/mol. The molecule has 0 unspecified atom stereocenters. The lowest BCUT2D eigenvalue weighted by atomic mass is 10.2. The van der Waals surface area contributed by atoms with E-state index < -0.39 is 18.5 Å². The number of hydrogen-bond donors (Lipinski definition) is 1. The second kappa shape index (κ2) is 10.5. The van der Waals surface area contributed by atoms with Crippen LogP contribution in [0, 0.1) is 0 Å². The Morgan fingerprint density at radius 1 is 1.14 bits per heavy atom. The number of benzene rings is 1. The Hall–Kier alpha value is -2.78. The molecular formula is C19H23N3O5S. The summed E-state index contributed by atoms with van der Waals surface area (Å²) >= 11 is 1.28. The van der Waals surface area contributed by atoms with E-state index in [1.54, 1.807) is 34.5 Å². The van der Waals surface area contributed by atoms with Crippen molar-refractivity contribution in [3.8, 4) is 0 Å². The van der Waals surface area contributed by atoms with Crippen LogP contribution in [0.4, 0.5) is 5.69 Å². The molecule has 0 fully saturated rings. The van der Waals surface area contributed by atoms with Crippen molar-refractivity contribution >= 4 is 34.8 Å². The molecule has 9 heteroatoms. The van der Waals surface area contributed by atoms with Gasteiger partial charge >= 0.3 is 5.97 Å². The topological polar surface area (TPSA) is 97.8 Å². The number of carbonyl (C=O) groups is 3. The zero-order chi connectivity index (χ0) is 20.5. The molecule has 2 amide bonds. The van der Waals surface area contributed by atoms with Crippen molar-refractivity contribution in [2.75, 3.05) is 32.1 Å². The summed E-state index contributed by atoms with van der Waals surface area (Å²) in [5.74, 6) is -1.22. The van der Waals surface area contributed by atoms with Crippen molar-refractivity contribution in [3.05, 3.63) is 45.9 Å². The first-order chi connectivity index (χ1) is 13.5. The van der Waals surface area contributed by atoms with Crippen molar-refractivity contribution in [1.82, 2.24) is 9.88 Å². The lowest BCUT2D eigenvalue weighted by Gasteiger charge is -2.18. The van der Waals surface area contributed by atoms with Crippen LogP contribution < -0.4 is 5.32 Å². The molecule has 0 radical (unpaired) electrons. The highest BCUT2D eigenvalue weighted by Gasteiger charge is 2.15. The molecular weight excluding hydrogens is 382 g/mol. The third-order valence-electron chi connectivity index (χ3n) is 3.83. The Bertz CT molecular complexity index is 815. The number of nitrogens with zero attached hydrogens (tertiary/aromatic N) is 2. The van der Waals surface area contributed by atoms with Crippen molar-refractivity contribution in [2.24, 2.45) is 0 Å². The van der Waals surface area contributed by atoms with Gasteiger partial charge in [-0.3, -0.25) is 9.59 Å². The number of carbonyl (C=O) groups excluding carboxylic acids is 3. The van der Waals surface area contributed by atoms with E-state index >= 15 is 0 Å². The van der Waals surface area contributed by atoms with E-state index in [-0.39, 0.29) is 11.6 Å². The summed E-state index contributed by atoms with van der Waals surface area (Å²) < 4.78 is 9.91. The molecule has 8 nitrogen and oxygen atoms in total. The van der Waals surface area contributed by atoms with Crippen LogP contribution in [-0.2, 0) is 20.9 Å². The minimum absolute atomic E-state index is 0.0621. The van der Waals surface area contributed by atoms with Crippen LogP contribution >= 0.6 is 11.3 Å². The van der Waals surface area contributed by atoms with Gasteiger partial charge in [-0.15, -0.1) is 11.3 Å². The Morgan fingerprint density at radius 3 is 2.43 bits per heavy atom. The average Bonchev–Trinajstić information content (AvgIpc) is 3.16. The first-order valence-corrected chi connectivity index (χ1v) is 9.66. The fourth-order valence-electron chi connectivity index (χ4n) is 2.39. The van der Waals surface area contributed by atoms with Crippen LogP contribution in [-0.4, -0.2) is 54.5 Å². The molecule has 2 rings (SSSR count). The van der Waals surface area contributed by atoms with Gasteiger partial charge in [0.25, 0.3) is 11.8 Å². The van der Waals surface area contributed by atoms with Gasteiger partial charge in [-0.1, -0.05) is 0 Å². The van der Waals surface area contributed by atoms with Crippen molar-refractivity contribution in [3.63, 3.8) is 0 Å².